The van der Waals surface area contributed by atoms with Crippen molar-refractivity contribution < 1.29 is 14.8 Å². The van der Waals surface area contributed by atoms with E-state index in [1.54, 1.807) is 17.7 Å². The molecule has 1 heterocycles. The molecule has 1 atom stereocenters. The number of non-ortho nitro benzene ring substituents is 1. The van der Waals surface area contributed by atoms with Crippen molar-refractivity contribution in [2.45, 2.75) is 38.1 Å². The van der Waals surface area contributed by atoms with Gasteiger partial charge >= 0.3 is 5.97 Å². The highest BCUT2D eigenvalue weighted by Crippen LogP contribution is 2.46. The number of aliphatic carboxylic acids is 1. The van der Waals surface area contributed by atoms with Gasteiger partial charge in [0.05, 0.1) is 4.92 Å². The van der Waals surface area contributed by atoms with E-state index in [2.05, 4.69) is 0 Å². The Morgan fingerprint density at radius 2 is 2.17 bits per heavy atom. The van der Waals surface area contributed by atoms with E-state index in [1.165, 1.54) is 0 Å². The maximum Gasteiger partial charge on any atom is 0.320 e. The predicted octanol–water partition coefficient (Wildman–Crippen LogP) is 2.23. The van der Waals surface area contributed by atoms with Crippen LogP contribution in [0.25, 0.3) is 10.9 Å². The molecular formula is C16H19N3O4. The molecule has 7 heteroatoms. The van der Waals surface area contributed by atoms with E-state index >= 15 is 0 Å². The number of rotatable bonds is 5. The molecule has 0 amide bonds. The molecule has 1 aliphatic carbocycles. The quantitative estimate of drug-likeness (QED) is 0.649. The van der Waals surface area contributed by atoms with Gasteiger partial charge in [0.2, 0.25) is 0 Å². The molecule has 3 N–H and O–H groups in total. The zero-order valence-corrected chi connectivity index (χ0v) is 13.1. The summed E-state index contributed by atoms with van der Waals surface area (Å²) in [5, 5.41) is 21.3. The summed E-state index contributed by atoms with van der Waals surface area (Å²) in [6, 6.07) is 2.34. The molecule has 1 aromatic carbocycles. The lowest BCUT2D eigenvalue weighted by Gasteiger charge is -2.09. The summed E-state index contributed by atoms with van der Waals surface area (Å²) >= 11 is 0. The number of carboxylic acids is 1. The van der Waals surface area contributed by atoms with Crippen LogP contribution in [-0.4, -0.2) is 26.6 Å². The van der Waals surface area contributed by atoms with Gasteiger partial charge in [-0.1, -0.05) is 6.07 Å². The Balaban J connectivity index is 2.30. The minimum atomic E-state index is -1.07. The summed E-state index contributed by atoms with van der Waals surface area (Å²) in [6.45, 7) is 1.85. The summed E-state index contributed by atoms with van der Waals surface area (Å²) in [5.41, 5.74) is 9.03. The second-order valence-corrected chi connectivity index (χ2v) is 6.20. The van der Waals surface area contributed by atoms with Crippen LogP contribution in [0.3, 0.4) is 0 Å². The molecule has 0 bridgehead atoms. The van der Waals surface area contributed by atoms with Gasteiger partial charge in [0.15, 0.2) is 0 Å². The molecule has 1 unspecified atom stereocenters. The van der Waals surface area contributed by atoms with Crippen LogP contribution in [0.2, 0.25) is 0 Å². The fraction of sp³-hybridized carbons (Fsp3) is 0.438. The second kappa shape index (κ2) is 5.34. The first-order valence-electron chi connectivity index (χ1n) is 7.56. The van der Waals surface area contributed by atoms with E-state index in [-0.39, 0.29) is 17.0 Å². The van der Waals surface area contributed by atoms with Crippen molar-refractivity contribution in [3.8, 4) is 0 Å². The molecule has 7 nitrogen and oxygen atoms in total. The van der Waals surface area contributed by atoms with Crippen molar-refractivity contribution in [3.63, 3.8) is 0 Å². The number of aryl methyl sites for hydroxylation is 1. The average molecular weight is 317 g/mol. The van der Waals surface area contributed by atoms with E-state index in [4.69, 9.17) is 10.8 Å². The van der Waals surface area contributed by atoms with Gasteiger partial charge in [-0.25, -0.2) is 0 Å². The van der Waals surface area contributed by atoms with Gasteiger partial charge in [-0.15, -0.1) is 0 Å². The number of hydrogen-bond donors (Lipinski definition) is 2. The maximum atomic E-state index is 11.4. The minimum absolute atomic E-state index is 0.0464. The topological polar surface area (TPSA) is 111 Å². The van der Waals surface area contributed by atoms with Crippen LogP contribution < -0.4 is 5.73 Å². The van der Waals surface area contributed by atoms with Crippen LogP contribution in [0, 0.1) is 17.0 Å². The Morgan fingerprint density at radius 1 is 1.52 bits per heavy atom. The zero-order chi connectivity index (χ0) is 16.9. The molecule has 1 saturated carbocycles. The molecule has 2 aromatic rings. The Labute approximate surface area is 132 Å². The number of nitrogens with zero attached hydrogens (tertiary/aromatic N) is 2. The van der Waals surface area contributed by atoms with E-state index in [9.17, 15) is 14.9 Å². The third-order valence-corrected chi connectivity index (χ3v) is 4.72. The van der Waals surface area contributed by atoms with Gasteiger partial charge in [-0.3, -0.25) is 14.9 Å². The number of benzene rings is 1. The van der Waals surface area contributed by atoms with Crippen LogP contribution in [-0.2, 0) is 18.3 Å². The Bertz CT molecular complexity index is 821. The molecular weight excluding hydrogens is 298 g/mol. The van der Waals surface area contributed by atoms with Crippen LogP contribution in [0.4, 0.5) is 5.69 Å². The first-order valence-corrected chi connectivity index (χ1v) is 7.56. The Kier molecular flexibility index (Phi) is 3.60. The summed E-state index contributed by atoms with van der Waals surface area (Å²) in [4.78, 5) is 22.1. The molecule has 0 radical (unpaired) electrons. The van der Waals surface area contributed by atoms with Crippen molar-refractivity contribution >= 4 is 22.6 Å². The van der Waals surface area contributed by atoms with E-state index in [0.717, 1.165) is 35.0 Å². The molecule has 3 rings (SSSR count). The number of hydrogen-bond acceptors (Lipinski definition) is 4. The van der Waals surface area contributed by atoms with Gasteiger partial charge in [-0.2, -0.15) is 0 Å². The molecule has 1 aromatic heterocycles. The lowest BCUT2D eigenvalue weighted by molar-refractivity contribution is -0.383. The maximum absolute atomic E-state index is 11.4. The van der Waals surface area contributed by atoms with Crippen molar-refractivity contribution in [2.24, 2.45) is 12.8 Å². The summed E-state index contributed by atoms with van der Waals surface area (Å²) in [5.74, 6) is -0.667. The van der Waals surface area contributed by atoms with Crippen LogP contribution in [0.5, 0.6) is 0 Å². The fourth-order valence-corrected chi connectivity index (χ4v) is 3.24. The van der Waals surface area contributed by atoms with Crippen LogP contribution in [0.15, 0.2) is 12.1 Å². The highest BCUT2D eigenvalue weighted by atomic mass is 16.6. The number of carboxylic acid groups (broad SMARTS) is 1. The van der Waals surface area contributed by atoms with Gasteiger partial charge in [-0.05, 0) is 36.8 Å². The highest BCUT2D eigenvalue weighted by molar-refractivity contribution is 5.96. The molecule has 122 valence electrons. The average Bonchev–Trinajstić information content (AvgIpc) is 3.30. The second-order valence-electron chi connectivity index (χ2n) is 6.20. The number of nitrogens with two attached hydrogens (primary N) is 1. The number of fused-ring (bicyclic) bond motifs is 1. The molecule has 1 aliphatic rings. The largest absolute Gasteiger partial charge is 0.480 e. The Morgan fingerprint density at radius 3 is 2.70 bits per heavy atom. The smallest absolute Gasteiger partial charge is 0.320 e. The SMILES string of the molecule is Cc1c(CC(N)C(=O)O)c2c(C3CC3)ccc([N+](=O)[O-])c2n1C. The van der Waals surface area contributed by atoms with Gasteiger partial charge in [0, 0.05) is 30.6 Å². The van der Waals surface area contributed by atoms with Gasteiger partial charge in [0.1, 0.15) is 11.6 Å². The molecule has 0 spiro atoms. The van der Waals surface area contributed by atoms with E-state index < -0.39 is 12.0 Å². The third kappa shape index (κ3) is 2.46. The summed E-state index contributed by atoms with van der Waals surface area (Å²) < 4.78 is 1.78. The monoisotopic (exact) mass is 317 g/mol. The normalized spacial score (nSPS) is 15.8. The molecule has 0 saturated heterocycles. The number of aromatic nitrogens is 1. The number of carbonyl (C=O) groups is 1. The molecule has 0 aliphatic heterocycles. The number of nitro groups is 1. The zero-order valence-electron chi connectivity index (χ0n) is 13.1. The first kappa shape index (κ1) is 15.5. The van der Waals surface area contributed by atoms with Crippen molar-refractivity contribution in [3.05, 3.63) is 39.1 Å². The standard InChI is InChI=1S/C16H19N3O4/c1-8-11(7-12(17)16(20)21)14-10(9-3-4-9)5-6-13(19(22)23)15(14)18(8)2/h5-6,9,12H,3-4,7,17H2,1-2H3,(H,20,21). The lowest BCUT2D eigenvalue weighted by atomic mass is 9.96. The lowest BCUT2D eigenvalue weighted by Crippen LogP contribution is -2.32. The third-order valence-electron chi connectivity index (χ3n) is 4.72. The van der Waals surface area contributed by atoms with Crippen LogP contribution in [0.1, 0.15) is 35.6 Å². The first-order chi connectivity index (χ1) is 10.8. The summed E-state index contributed by atoms with van der Waals surface area (Å²) in [6.07, 6.45) is 2.29. The summed E-state index contributed by atoms with van der Waals surface area (Å²) in [7, 11) is 1.77. The molecule has 1 fully saturated rings. The molecule has 23 heavy (non-hydrogen) atoms. The van der Waals surface area contributed by atoms with E-state index in [1.807, 2.05) is 13.0 Å². The van der Waals surface area contributed by atoms with Crippen molar-refractivity contribution in [1.29, 1.82) is 0 Å². The highest BCUT2D eigenvalue weighted by Gasteiger charge is 2.32. The Hall–Kier alpha value is -2.41. The van der Waals surface area contributed by atoms with E-state index in [0.29, 0.717) is 11.4 Å². The number of nitro benzene ring substituents is 1. The van der Waals surface area contributed by atoms with Gasteiger partial charge < -0.3 is 15.4 Å². The minimum Gasteiger partial charge on any atom is -0.480 e. The fourth-order valence-electron chi connectivity index (χ4n) is 3.24. The van der Waals surface area contributed by atoms with Crippen molar-refractivity contribution in [2.75, 3.05) is 0 Å². The van der Waals surface area contributed by atoms with Crippen LogP contribution >= 0.6 is 0 Å². The van der Waals surface area contributed by atoms with Crippen molar-refractivity contribution in [1.82, 2.24) is 4.57 Å². The predicted molar refractivity (Wildman–Crippen MR) is 85.6 cm³/mol. The van der Waals surface area contributed by atoms with Gasteiger partial charge in [0.25, 0.3) is 5.69 Å².